The smallest absolute Gasteiger partial charge is 0.0431 e. The third-order valence-corrected chi connectivity index (χ3v) is 5.25. The molecule has 1 saturated carbocycles. The van der Waals surface area contributed by atoms with Crippen molar-refractivity contribution in [2.75, 3.05) is 39.3 Å². The zero-order valence-electron chi connectivity index (χ0n) is 13.6. The van der Waals surface area contributed by atoms with Crippen LogP contribution in [0.3, 0.4) is 0 Å². The first-order valence-corrected chi connectivity index (χ1v) is 9.08. The molecule has 0 aromatic carbocycles. The van der Waals surface area contributed by atoms with Gasteiger partial charge in [-0.2, -0.15) is 0 Å². The number of aliphatic hydroxyl groups excluding tert-OH is 1. The maximum absolute atomic E-state index is 9.06. The summed E-state index contributed by atoms with van der Waals surface area (Å²) in [6.07, 6.45) is 10.5. The van der Waals surface area contributed by atoms with Crippen molar-refractivity contribution in [1.29, 1.82) is 0 Å². The molecule has 4 N–H and O–H groups in total. The van der Waals surface area contributed by atoms with Crippen molar-refractivity contribution in [3.05, 3.63) is 0 Å². The molecule has 2 rings (SSSR count). The Morgan fingerprint density at radius 2 is 1.90 bits per heavy atom. The van der Waals surface area contributed by atoms with E-state index in [0.717, 1.165) is 44.3 Å². The number of rotatable bonds is 8. The standard InChI is InChI=1S/C17H35N3O/c18-8-9-20-13-16(7-4-10-21)11-17(14-20)19-12-15-5-2-1-3-6-15/h15-17,19,21H,1-14,18H2. The Balaban J connectivity index is 1.75. The monoisotopic (exact) mass is 297 g/mol. The predicted octanol–water partition coefficient (Wildman–Crippen LogP) is 1.58. The van der Waals surface area contributed by atoms with Crippen LogP contribution in [0.5, 0.6) is 0 Å². The minimum absolute atomic E-state index is 0.327. The number of likely N-dealkylation sites (tertiary alicyclic amines) is 1. The lowest BCUT2D eigenvalue weighted by molar-refractivity contribution is 0.129. The summed E-state index contributed by atoms with van der Waals surface area (Å²) in [6, 6.07) is 0.621. The molecule has 2 atom stereocenters. The fourth-order valence-electron chi connectivity index (χ4n) is 4.13. The molecule has 0 bridgehead atoms. The molecule has 0 aromatic rings. The Hall–Kier alpha value is -0.160. The molecule has 0 amide bonds. The van der Waals surface area contributed by atoms with Crippen molar-refractivity contribution in [2.24, 2.45) is 17.6 Å². The van der Waals surface area contributed by atoms with E-state index < -0.39 is 0 Å². The third kappa shape index (κ3) is 6.23. The Bertz CT molecular complexity index is 269. The highest BCUT2D eigenvalue weighted by Gasteiger charge is 2.27. The van der Waals surface area contributed by atoms with E-state index in [9.17, 15) is 0 Å². The molecule has 2 aliphatic rings. The van der Waals surface area contributed by atoms with Gasteiger partial charge >= 0.3 is 0 Å². The highest BCUT2D eigenvalue weighted by molar-refractivity contribution is 4.84. The van der Waals surface area contributed by atoms with Crippen LogP contribution < -0.4 is 11.1 Å². The van der Waals surface area contributed by atoms with Gasteiger partial charge in [-0.15, -0.1) is 0 Å². The van der Waals surface area contributed by atoms with Crippen LogP contribution in [0.1, 0.15) is 51.4 Å². The molecule has 1 heterocycles. The van der Waals surface area contributed by atoms with E-state index in [1.807, 2.05) is 0 Å². The summed E-state index contributed by atoms with van der Waals surface area (Å²) in [5.41, 5.74) is 5.74. The van der Waals surface area contributed by atoms with Crippen LogP contribution in [0, 0.1) is 11.8 Å². The first-order chi connectivity index (χ1) is 10.3. The Morgan fingerprint density at radius 1 is 1.10 bits per heavy atom. The van der Waals surface area contributed by atoms with Gasteiger partial charge in [0.1, 0.15) is 0 Å². The highest BCUT2D eigenvalue weighted by Crippen LogP contribution is 2.25. The van der Waals surface area contributed by atoms with Crippen molar-refractivity contribution in [2.45, 2.75) is 57.4 Å². The van der Waals surface area contributed by atoms with Gasteiger partial charge in [-0.3, -0.25) is 0 Å². The van der Waals surface area contributed by atoms with Gasteiger partial charge in [0.15, 0.2) is 0 Å². The van der Waals surface area contributed by atoms with Crippen LogP contribution in [0.2, 0.25) is 0 Å². The summed E-state index contributed by atoms with van der Waals surface area (Å²) >= 11 is 0. The van der Waals surface area contributed by atoms with Gasteiger partial charge in [-0.25, -0.2) is 0 Å². The number of nitrogens with two attached hydrogens (primary N) is 1. The molecule has 4 heteroatoms. The summed E-state index contributed by atoms with van der Waals surface area (Å²) in [5.74, 6) is 1.63. The summed E-state index contributed by atoms with van der Waals surface area (Å²) < 4.78 is 0. The number of piperidine rings is 1. The second-order valence-corrected chi connectivity index (χ2v) is 7.13. The number of hydrogen-bond donors (Lipinski definition) is 3. The predicted molar refractivity (Wildman–Crippen MR) is 88.3 cm³/mol. The Labute approximate surface area is 130 Å². The lowest BCUT2D eigenvalue weighted by atomic mass is 9.87. The second kappa shape index (κ2) is 9.78. The fraction of sp³-hybridized carbons (Fsp3) is 1.00. The van der Waals surface area contributed by atoms with E-state index in [-0.39, 0.29) is 0 Å². The van der Waals surface area contributed by atoms with Gasteiger partial charge in [0, 0.05) is 38.8 Å². The summed E-state index contributed by atoms with van der Waals surface area (Å²) in [5, 5.41) is 12.9. The number of aliphatic hydroxyl groups is 1. The zero-order valence-corrected chi connectivity index (χ0v) is 13.6. The average molecular weight is 297 g/mol. The van der Waals surface area contributed by atoms with Crippen molar-refractivity contribution in [3.63, 3.8) is 0 Å². The van der Waals surface area contributed by atoms with E-state index in [2.05, 4.69) is 10.2 Å². The first kappa shape index (κ1) is 17.2. The van der Waals surface area contributed by atoms with Crippen LogP contribution in [0.15, 0.2) is 0 Å². The normalized spacial score (nSPS) is 28.9. The van der Waals surface area contributed by atoms with Crippen molar-refractivity contribution in [3.8, 4) is 0 Å². The topological polar surface area (TPSA) is 61.5 Å². The van der Waals surface area contributed by atoms with Crippen LogP contribution >= 0.6 is 0 Å². The van der Waals surface area contributed by atoms with Gasteiger partial charge in [0.2, 0.25) is 0 Å². The first-order valence-electron chi connectivity index (χ1n) is 9.08. The third-order valence-electron chi connectivity index (χ3n) is 5.25. The molecular weight excluding hydrogens is 262 g/mol. The molecule has 0 aromatic heterocycles. The maximum atomic E-state index is 9.06. The molecule has 2 fully saturated rings. The number of nitrogens with one attached hydrogen (secondary N) is 1. The van der Waals surface area contributed by atoms with Gasteiger partial charge < -0.3 is 21.1 Å². The molecule has 124 valence electrons. The van der Waals surface area contributed by atoms with Gasteiger partial charge in [-0.05, 0) is 50.5 Å². The SMILES string of the molecule is NCCN1CC(CCCO)CC(NCC2CCCCC2)C1. The molecular formula is C17H35N3O. The van der Waals surface area contributed by atoms with E-state index >= 15 is 0 Å². The molecule has 2 unspecified atom stereocenters. The van der Waals surface area contributed by atoms with Crippen LogP contribution in [0.25, 0.3) is 0 Å². The van der Waals surface area contributed by atoms with Crippen molar-refractivity contribution >= 4 is 0 Å². The van der Waals surface area contributed by atoms with Crippen molar-refractivity contribution in [1.82, 2.24) is 10.2 Å². The summed E-state index contributed by atoms with van der Waals surface area (Å²) in [7, 11) is 0. The van der Waals surface area contributed by atoms with E-state index in [1.54, 1.807) is 0 Å². The molecule has 1 aliphatic heterocycles. The van der Waals surface area contributed by atoms with Crippen LogP contribution in [0.4, 0.5) is 0 Å². The highest BCUT2D eigenvalue weighted by atomic mass is 16.2. The lowest BCUT2D eigenvalue weighted by Gasteiger charge is -2.39. The molecule has 21 heavy (non-hydrogen) atoms. The van der Waals surface area contributed by atoms with E-state index in [0.29, 0.717) is 12.6 Å². The molecule has 1 aliphatic carbocycles. The minimum Gasteiger partial charge on any atom is -0.396 e. The Morgan fingerprint density at radius 3 is 2.62 bits per heavy atom. The van der Waals surface area contributed by atoms with Crippen molar-refractivity contribution < 1.29 is 5.11 Å². The molecule has 1 saturated heterocycles. The maximum Gasteiger partial charge on any atom is 0.0431 e. The zero-order chi connectivity index (χ0) is 14.9. The second-order valence-electron chi connectivity index (χ2n) is 7.13. The number of hydrogen-bond acceptors (Lipinski definition) is 4. The van der Waals surface area contributed by atoms with Crippen LogP contribution in [-0.4, -0.2) is 55.4 Å². The number of nitrogens with zero attached hydrogens (tertiary/aromatic N) is 1. The molecule has 4 nitrogen and oxygen atoms in total. The fourth-order valence-corrected chi connectivity index (χ4v) is 4.13. The summed E-state index contributed by atoms with van der Waals surface area (Å²) in [6.45, 7) is 5.61. The van der Waals surface area contributed by atoms with Gasteiger partial charge in [0.25, 0.3) is 0 Å². The van der Waals surface area contributed by atoms with E-state index in [4.69, 9.17) is 10.8 Å². The largest absolute Gasteiger partial charge is 0.396 e. The average Bonchev–Trinajstić information content (AvgIpc) is 2.52. The van der Waals surface area contributed by atoms with Gasteiger partial charge in [-0.1, -0.05) is 19.3 Å². The minimum atomic E-state index is 0.327. The van der Waals surface area contributed by atoms with Gasteiger partial charge in [0.05, 0.1) is 0 Å². The summed E-state index contributed by atoms with van der Waals surface area (Å²) in [4.78, 5) is 2.52. The van der Waals surface area contributed by atoms with Crippen LogP contribution in [-0.2, 0) is 0 Å². The molecule has 0 radical (unpaired) electrons. The molecule has 0 spiro atoms. The Kier molecular flexibility index (Phi) is 8.01. The lowest BCUT2D eigenvalue weighted by Crippen LogP contribution is -2.51. The quantitative estimate of drug-likeness (QED) is 0.636. The van der Waals surface area contributed by atoms with E-state index in [1.165, 1.54) is 51.6 Å².